The molecule has 3 rings (SSSR count). The molecule has 0 fully saturated rings. The van der Waals surface area contributed by atoms with Gasteiger partial charge in [0.15, 0.2) is 0 Å². The van der Waals surface area contributed by atoms with Crippen molar-refractivity contribution in [3.05, 3.63) is 53.6 Å². The van der Waals surface area contributed by atoms with E-state index in [0.29, 0.717) is 23.6 Å². The summed E-state index contributed by atoms with van der Waals surface area (Å²) in [7, 11) is 0. The molecule has 0 aliphatic carbocycles. The van der Waals surface area contributed by atoms with Gasteiger partial charge in [-0.25, -0.2) is 4.39 Å². The number of carbonyl (C=O) groups excluding carboxylic acids is 1. The zero-order valence-corrected chi connectivity index (χ0v) is 9.44. The second-order valence-electron chi connectivity index (χ2n) is 4.10. The Bertz CT molecular complexity index is 581. The lowest BCUT2D eigenvalue weighted by Gasteiger charge is -2.10. The highest BCUT2D eigenvalue weighted by Crippen LogP contribution is 2.32. The number of hydrogen-bond acceptors (Lipinski definition) is 2. The van der Waals surface area contributed by atoms with Gasteiger partial charge in [-0.15, -0.1) is 0 Å². The number of rotatable bonds is 2. The predicted octanol–water partition coefficient (Wildman–Crippen LogP) is 2.02. The number of amides is 1. The Morgan fingerprint density at radius 1 is 1.44 bits per heavy atom. The third kappa shape index (κ3) is 1.84. The smallest absolute Gasteiger partial charge is 0.268 e. The van der Waals surface area contributed by atoms with Crippen molar-refractivity contribution in [1.82, 2.24) is 10.3 Å². The average Bonchev–Trinajstić information content (AvgIpc) is 2.99. The molecule has 5 heteroatoms. The molecule has 1 aliphatic rings. The molecule has 4 nitrogen and oxygen atoms in total. The van der Waals surface area contributed by atoms with Gasteiger partial charge in [0, 0.05) is 11.8 Å². The molecule has 2 aromatic rings. The SMILES string of the molecule is O=C(NC1COc2ccc(F)cc21)c1ccc[nH]1. The standard InChI is InChI=1S/C13H11FN2O2/c14-8-3-4-12-9(6-8)11(7-18-12)16-13(17)10-2-1-5-15-10/h1-6,11,15H,7H2,(H,16,17). The fourth-order valence-electron chi connectivity index (χ4n) is 2.01. The Morgan fingerprint density at radius 2 is 2.33 bits per heavy atom. The first-order valence-corrected chi connectivity index (χ1v) is 5.60. The molecule has 0 spiro atoms. The molecule has 0 saturated heterocycles. The highest BCUT2D eigenvalue weighted by Gasteiger charge is 2.26. The molecule has 1 atom stereocenters. The van der Waals surface area contributed by atoms with Crippen LogP contribution in [0.2, 0.25) is 0 Å². The van der Waals surface area contributed by atoms with Crippen molar-refractivity contribution in [2.45, 2.75) is 6.04 Å². The normalized spacial score (nSPS) is 17.1. The maximum atomic E-state index is 13.2. The van der Waals surface area contributed by atoms with Crippen molar-refractivity contribution in [2.75, 3.05) is 6.61 Å². The van der Waals surface area contributed by atoms with Crippen molar-refractivity contribution in [2.24, 2.45) is 0 Å². The van der Waals surface area contributed by atoms with Crippen molar-refractivity contribution in [1.29, 1.82) is 0 Å². The zero-order chi connectivity index (χ0) is 12.5. The van der Waals surface area contributed by atoms with Gasteiger partial charge in [0.25, 0.3) is 5.91 Å². The largest absolute Gasteiger partial charge is 0.491 e. The van der Waals surface area contributed by atoms with E-state index in [-0.39, 0.29) is 17.8 Å². The average molecular weight is 246 g/mol. The maximum Gasteiger partial charge on any atom is 0.268 e. The summed E-state index contributed by atoms with van der Waals surface area (Å²) in [6, 6.07) is 7.42. The van der Waals surface area contributed by atoms with E-state index in [0.717, 1.165) is 0 Å². The van der Waals surface area contributed by atoms with Crippen LogP contribution in [0.4, 0.5) is 4.39 Å². The molecule has 0 radical (unpaired) electrons. The van der Waals surface area contributed by atoms with E-state index >= 15 is 0 Å². The molecule has 92 valence electrons. The number of ether oxygens (including phenoxy) is 1. The van der Waals surface area contributed by atoms with Crippen molar-refractivity contribution < 1.29 is 13.9 Å². The lowest BCUT2D eigenvalue weighted by Crippen LogP contribution is -2.29. The van der Waals surface area contributed by atoms with Gasteiger partial charge in [-0.3, -0.25) is 4.79 Å². The number of hydrogen-bond donors (Lipinski definition) is 2. The second kappa shape index (κ2) is 4.18. The van der Waals surface area contributed by atoms with Crippen LogP contribution in [0.3, 0.4) is 0 Å². The van der Waals surface area contributed by atoms with E-state index < -0.39 is 0 Å². The van der Waals surface area contributed by atoms with Crippen LogP contribution in [0.1, 0.15) is 22.1 Å². The topological polar surface area (TPSA) is 54.1 Å². The fourth-order valence-corrected chi connectivity index (χ4v) is 2.01. The zero-order valence-electron chi connectivity index (χ0n) is 9.44. The Hall–Kier alpha value is -2.30. The third-order valence-corrected chi connectivity index (χ3v) is 2.90. The number of halogens is 1. The van der Waals surface area contributed by atoms with Gasteiger partial charge in [0.1, 0.15) is 23.9 Å². The fraction of sp³-hybridized carbons (Fsp3) is 0.154. The molecule has 0 saturated carbocycles. The van der Waals surface area contributed by atoms with E-state index in [1.54, 1.807) is 24.4 Å². The van der Waals surface area contributed by atoms with Crippen LogP contribution >= 0.6 is 0 Å². The van der Waals surface area contributed by atoms with E-state index in [9.17, 15) is 9.18 Å². The Morgan fingerprint density at radius 3 is 3.11 bits per heavy atom. The molecule has 1 unspecified atom stereocenters. The molecule has 1 aromatic carbocycles. The van der Waals surface area contributed by atoms with E-state index in [4.69, 9.17) is 4.74 Å². The number of benzene rings is 1. The summed E-state index contributed by atoms with van der Waals surface area (Å²) in [6.07, 6.45) is 1.67. The first kappa shape index (κ1) is 10.8. The number of fused-ring (bicyclic) bond motifs is 1. The second-order valence-corrected chi connectivity index (χ2v) is 4.10. The lowest BCUT2D eigenvalue weighted by molar-refractivity contribution is 0.0926. The van der Waals surface area contributed by atoms with E-state index in [2.05, 4.69) is 10.3 Å². The van der Waals surface area contributed by atoms with Crippen LogP contribution in [0.5, 0.6) is 5.75 Å². The van der Waals surface area contributed by atoms with Gasteiger partial charge in [-0.2, -0.15) is 0 Å². The van der Waals surface area contributed by atoms with Crippen LogP contribution in [-0.2, 0) is 0 Å². The van der Waals surface area contributed by atoms with Crippen LogP contribution in [-0.4, -0.2) is 17.5 Å². The highest BCUT2D eigenvalue weighted by molar-refractivity contribution is 5.92. The highest BCUT2D eigenvalue weighted by atomic mass is 19.1. The molecule has 1 aliphatic heterocycles. The number of H-pyrrole nitrogens is 1. The minimum atomic E-state index is -0.335. The van der Waals surface area contributed by atoms with Crippen LogP contribution in [0, 0.1) is 5.82 Å². The van der Waals surface area contributed by atoms with Gasteiger partial charge in [0.05, 0.1) is 6.04 Å². The summed E-state index contributed by atoms with van der Waals surface area (Å²) in [5.74, 6) is 0.0530. The van der Waals surface area contributed by atoms with Gasteiger partial charge in [-0.05, 0) is 30.3 Å². The molecule has 1 aromatic heterocycles. The number of nitrogens with one attached hydrogen (secondary N) is 2. The van der Waals surface area contributed by atoms with Crippen molar-refractivity contribution in [3.8, 4) is 5.75 Å². The number of carbonyl (C=O) groups is 1. The predicted molar refractivity (Wildman–Crippen MR) is 62.9 cm³/mol. The summed E-state index contributed by atoms with van der Waals surface area (Å²) < 4.78 is 18.6. The van der Waals surface area contributed by atoms with E-state index in [1.807, 2.05) is 0 Å². The number of aromatic amines is 1. The van der Waals surface area contributed by atoms with Gasteiger partial charge in [-0.1, -0.05) is 0 Å². The van der Waals surface area contributed by atoms with Gasteiger partial charge < -0.3 is 15.0 Å². The van der Waals surface area contributed by atoms with E-state index in [1.165, 1.54) is 12.1 Å². The summed E-state index contributed by atoms with van der Waals surface area (Å²) in [6.45, 7) is 0.325. The summed E-state index contributed by atoms with van der Waals surface area (Å²) in [4.78, 5) is 14.7. The summed E-state index contributed by atoms with van der Waals surface area (Å²) in [5.41, 5.74) is 1.15. The minimum absolute atomic E-state index is 0.231. The number of aromatic nitrogens is 1. The van der Waals surface area contributed by atoms with Crippen LogP contribution in [0.25, 0.3) is 0 Å². The van der Waals surface area contributed by atoms with Crippen LogP contribution in [0.15, 0.2) is 36.5 Å². The van der Waals surface area contributed by atoms with Crippen LogP contribution < -0.4 is 10.1 Å². The molecule has 2 heterocycles. The maximum absolute atomic E-state index is 13.2. The van der Waals surface area contributed by atoms with Gasteiger partial charge in [0.2, 0.25) is 0 Å². The molecular weight excluding hydrogens is 235 g/mol. The Kier molecular flexibility index (Phi) is 2.51. The van der Waals surface area contributed by atoms with Crippen molar-refractivity contribution >= 4 is 5.91 Å². The molecule has 2 N–H and O–H groups in total. The lowest BCUT2D eigenvalue weighted by atomic mass is 10.1. The van der Waals surface area contributed by atoms with Gasteiger partial charge >= 0.3 is 0 Å². The summed E-state index contributed by atoms with van der Waals surface area (Å²) in [5, 5.41) is 2.80. The molecular formula is C13H11FN2O2. The third-order valence-electron chi connectivity index (χ3n) is 2.90. The first-order chi connectivity index (χ1) is 8.74. The molecule has 18 heavy (non-hydrogen) atoms. The Labute approximate surface area is 103 Å². The minimum Gasteiger partial charge on any atom is -0.491 e. The first-order valence-electron chi connectivity index (χ1n) is 5.60. The Balaban J connectivity index is 1.81. The summed E-state index contributed by atoms with van der Waals surface area (Å²) >= 11 is 0. The van der Waals surface area contributed by atoms with Crippen molar-refractivity contribution in [3.63, 3.8) is 0 Å². The molecule has 0 bridgehead atoms. The quantitative estimate of drug-likeness (QED) is 0.851. The monoisotopic (exact) mass is 246 g/mol. The molecule has 1 amide bonds.